The summed E-state index contributed by atoms with van der Waals surface area (Å²) in [5.74, 6) is 2.41. The number of rotatable bonds is 3. The van der Waals surface area contributed by atoms with Crippen molar-refractivity contribution in [1.29, 1.82) is 0 Å². The van der Waals surface area contributed by atoms with Gasteiger partial charge in [0.1, 0.15) is 0 Å². The van der Waals surface area contributed by atoms with E-state index in [-0.39, 0.29) is 0 Å². The number of unbranched alkanes of at least 4 members (excludes halogenated alkanes) is 1. The summed E-state index contributed by atoms with van der Waals surface area (Å²) in [7, 11) is 0. The Morgan fingerprint density at radius 3 is 2.78 bits per heavy atom. The summed E-state index contributed by atoms with van der Waals surface area (Å²) in [5, 5.41) is 0. The lowest BCUT2D eigenvalue weighted by Gasteiger charge is -1.78. The minimum Gasteiger partial charge on any atom is -0.115 e. The van der Waals surface area contributed by atoms with E-state index >= 15 is 0 Å². The minimum atomic E-state index is 1.13. The van der Waals surface area contributed by atoms with Gasteiger partial charge in [-0.25, -0.2) is 0 Å². The normalized spacial score (nSPS) is 10.7. The van der Waals surface area contributed by atoms with E-state index in [1.165, 1.54) is 6.42 Å². The first kappa shape index (κ1) is 8.04. The van der Waals surface area contributed by atoms with Crippen LogP contribution in [0.5, 0.6) is 0 Å². The lowest BCUT2D eigenvalue weighted by Crippen LogP contribution is -1.58. The fourth-order valence-corrected chi connectivity index (χ4v) is 0.453. The minimum absolute atomic E-state index is 1.13. The van der Waals surface area contributed by atoms with Gasteiger partial charge in [-0.05, 0) is 12.5 Å². The Morgan fingerprint density at radius 2 is 2.22 bits per heavy atom. The monoisotopic (exact) mass is 120 g/mol. The maximum absolute atomic E-state index is 4.97. The molecule has 0 fully saturated rings. The molecule has 0 aliphatic heterocycles. The van der Waals surface area contributed by atoms with Crippen molar-refractivity contribution in [2.45, 2.75) is 19.8 Å². The van der Waals surface area contributed by atoms with Gasteiger partial charge in [-0.3, -0.25) is 0 Å². The van der Waals surface area contributed by atoms with Crippen molar-refractivity contribution in [3.63, 3.8) is 0 Å². The second-order valence-electron chi connectivity index (χ2n) is 1.74. The highest BCUT2D eigenvalue weighted by Gasteiger charge is 1.67. The molecule has 0 radical (unpaired) electrons. The molecule has 0 saturated heterocycles. The van der Waals surface area contributed by atoms with Crippen LogP contribution >= 0.6 is 0 Å². The number of hydrogen-bond donors (Lipinski definition) is 0. The van der Waals surface area contributed by atoms with Crippen molar-refractivity contribution in [3.8, 4) is 12.3 Å². The van der Waals surface area contributed by atoms with Crippen molar-refractivity contribution < 1.29 is 0 Å². The zero-order valence-corrected chi connectivity index (χ0v) is 5.80. The molecule has 0 unspecified atom stereocenters. The van der Waals surface area contributed by atoms with Gasteiger partial charge in [-0.1, -0.05) is 37.5 Å². The molecule has 48 valence electrons. The number of terminal acetylenes is 1. The maximum atomic E-state index is 4.97. The number of allylic oxidation sites excluding steroid dienone is 4. The molecule has 0 amide bonds. The largest absolute Gasteiger partial charge is 0.115 e. The van der Waals surface area contributed by atoms with Crippen molar-refractivity contribution in [2.24, 2.45) is 0 Å². The molecule has 0 heterocycles. The second kappa shape index (κ2) is 7.04. The first-order valence-electron chi connectivity index (χ1n) is 3.19. The van der Waals surface area contributed by atoms with Gasteiger partial charge in [0.2, 0.25) is 0 Å². The van der Waals surface area contributed by atoms with Gasteiger partial charge < -0.3 is 0 Å². The molecule has 0 aromatic heterocycles. The van der Waals surface area contributed by atoms with E-state index in [1.54, 1.807) is 6.08 Å². The predicted molar refractivity (Wildman–Crippen MR) is 42.0 cm³/mol. The summed E-state index contributed by atoms with van der Waals surface area (Å²) in [6.45, 7) is 2.15. The maximum Gasteiger partial charge on any atom is -0.0122 e. The van der Waals surface area contributed by atoms with Crippen LogP contribution in [0.1, 0.15) is 19.8 Å². The molecule has 0 rings (SSSR count). The fourth-order valence-electron chi connectivity index (χ4n) is 0.453. The third kappa shape index (κ3) is 7.04. The highest BCUT2D eigenvalue weighted by molar-refractivity contribution is 5.15. The Hall–Kier alpha value is -0.960. The van der Waals surface area contributed by atoms with Crippen molar-refractivity contribution in [1.82, 2.24) is 0 Å². The van der Waals surface area contributed by atoms with Crippen LogP contribution in [0.15, 0.2) is 24.3 Å². The van der Waals surface area contributed by atoms with E-state index in [4.69, 9.17) is 6.42 Å². The molecule has 0 N–H and O–H groups in total. The standard InChI is InChI=1S/C9H12/c1-3-5-7-9-8-6-4-2/h1,5,7-9H,4,6H2,2H3/b7-5-,9-8-. The van der Waals surface area contributed by atoms with Crippen LogP contribution in [-0.2, 0) is 0 Å². The van der Waals surface area contributed by atoms with Gasteiger partial charge in [-0.2, -0.15) is 0 Å². The van der Waals surface area contributed by atoms with Crippen molar-refractivity contribution >= 4 is 0 Å². The third-order valence-electron chi connectivity index (χ3n) is 0.895. The summed E-state index contributed by atoms with van der Waals surface area (Å²) in [5.41, 5.74) is 0. The molecule has 0 aliphatic carbocycles. The molecule has 0 aliphatic rings. The molecule has 0 saturated carbocycles. The first-order valence-corrected chi connectivity index (χ1v) is 3.19. The zero-order valence-electron chi connectivity index (χ0n) is 5.80. The SMILES string of the molecule is C#C/C=C\C=C/CCC. The summed E-state index contributed by atoms with van der Waals surface area (Å²) >= 11 is 0. The van der Waals surface area contributed by atoms with E-state index in [0.29, 0.717) is 0 Å². The molecule has 0 aromatic rings. The Labute approximate surface area is 57.3 Å². The molecule has 0 spiro atoms. The van der Waals surface area contributed by atoms with E-state index < -0.39 is 0 Å². The first-order chi connectivity index (χ1) is 4.41. The van der Waals surface area contributed by atoms with Crippen molar-refractivity contribution in [2.75, 3.05) is 0 Å². The Morgan fingerprint density at radius 1 is 1.44 bits per heavy atom. The van der Waals surface area contributed by atoms with Gasteiger partial charge in [0.15, 0.2) is 0 Å². The van der Waals surface area contributed by atoms with Crippen LogP contribution < -0.4 is 0 Å². The summed E-state index contributed by atoms with van der Waals surface area (Å²) in [4.78, 5) is 0. The van der Waals surface area contributed by atoms with Gasteiger partial charge in [0, 0.05) is 0 Å². The predicted octanol–water partition coefficient (Wildman–Crippen LogP) is 2.53. The highest BCUT2D eigenvalue weighted by Crippen LogP contribution is 1.87. The summed E-state index contributed by atoms with van der Waals surface area (Å²) < 4.78 is 0. The lowest BCUT2D eigenvalue weighted by molar-refractivity contribution is 0.959. The highest BCUT2D eigenvalue weighted by atomic mass is 13.7. The molecule has 0 nitrogen and oxygen atoms in total. The van der Waals surface area contributed by atoms with Gasteiger partial charge in [0.05, 0.1) is 0 Å². The molecule has 0 heteroatoms. The summed E-state index contributed by atoms with van der Waals surface area (Å²) in [6, 6.07) is 0. The van der Waals surface area contributed by atoms with Crippen LogP contribution in [-0.4, -0.2) is 0 Å². The molecule has 9 heavy (non-hydrogen) atoms. The lowest BCUT2D eigenvalue weighted by atomic mass is 10.3. The molecular weight excluding hydrogens is 108 g/mol. The molecule has 0 bridgehead atoms. The average molecular weight is 120 g/mol. The smallest absolute Gasteiger partial charge is 0.0122 e. The van der Waals surface area contributed by atoms with Crippen molar-refractivity contribution in [3.05, 3.63) is 24.3 Å². The Balaban J connectivity index is 3.27. The molecular formula is C9H12. The van der Waals surface area contributed by atoms with Crippen LogP contribution in [0.3, 0.4) is 0 Å². The van der Waals surface area contributed by atoms with Crippen LogP contribution in [0, 0.1) is 12.3 Å². The van der Waals surface area contributed by atoms with E-state index in [2.05, 4.69) is 18.9 Å². The molecule has 0 atom stereocenters. The second-order valence-corrected chi connectivity index (χ2v) is 1.74. The Kier molecular flexibility index (Phi) is 6.29. The average Bonchev–Trinajstić information content (AvgIpc) is 1.89. The van der Waals surface area contributed by atoms with Crippen LogP contribution in [0.2, 0.25) is 0 Å². The quantitative estimate of drug-likeness (QED) is 0.396. The van der Waals surface area contributed by atoms with Crippen LogP contribution in [0.4, 0.5) is 0 Å². The fraction of sp³-hybridized carbons (Fsp3) is 0.333. The van der Waals surface area contributed by atoms with Gasteiger partial charge in [-0.15, -0.1) is 6.42 Å². The van der Waals surface area contributed by atoms with E-state index in [9.17, 15) is 0 Å². The van der Waals surface area contributed by atoms with E-state index in [1.807, 2.05) is 12.2 Å². The molecule has 0 aromatic carbocycles. The van der Waals surface area contributed by atoms with Gasteiger partial charge >= 0.3 is 0 Å². The zero-order chi connectivity index (χ0) is 6.95. The Bertz CT molecular complexity index is 133. The topological polar surface area (TPSA) is 0 Å². The van der Waals surface area contributed by atoms with Gasteiger partial charge in [0.25, 0.3) is 0 Å². The van der Waals surface area contributed by atoms with Crippen LogP contribution in [0.25, 0.3) is 0 Å². The number of hydrogen-bond acceptors (Lipinski definition) is 0. The van der Waals surface area contributed by atoms with E-state index in [0.717, 1.165) is 6.42 Å². The third-order valence-corrected chi connectivity index (χ3v) is 0.895. The summed E-state index contributed by atoms with van der Waals surface area (Å²) in [6.07, 6.45) is 14.9.